The van der Waals surface area contributed by atoms with Crippen molar-refractivity contribution in [3.63, 3.8) is 0 Å². The lowest BCUT2D eigenvalue weighted by atomic mass is 9.82. The summed E-state index contributed by atoms with van der Waals surface area (Å²) in [6.07, 6.45) is 4.09. The summed E-state index contributed by atoms with van der Waals surface area (Å²) >= 11 is 6.19. The van der Waals surface area contributed by atoms with Gasteiger partial charge in [0.2, 0.25) is 0 Å². The second-order valence-corrected chi connectivity index (χ2v) is 5.01. The van der Waals surface area contributed by atoms with E-state index in [0.29, 0.717) is 10.8 Å². The van der Waals surface area contributed by atoms with E-state index in [1.165, 1.54) is 19.3 Å². The SMILES string of the molecule is CC1(C)C2CCC1C(Cl)C2. The fourth-order valence-corrected chi connectivity index (χ4v) is 3.60. The molecular weight excluding hydrogens is 144 g/mol. The zero-order chi connectivity index (χ0) is 7.35. The average molecular weight is 159 g/mol. The summed E-state index contributed by atoms with van der Waals surface area (Å²) in [6, 6.07) is 0. The second-order valence-electron chi connectivity index (χ2n) is 4.45. The minimum atomic E-state index is 0.494. The van der Waals surface area contributed by atoms with Crippen molar-refractivity contribution < 1.29 is 0 Å². The van der Waals surface area contributed by atoms with Gasteiger partial charge in [0.1, 0.15) is 0 Å². The van der Waals surface area contributed by atoms with Gasteiger partial charge in [0, 0.05) is 5.38 Å². The molecule has 10 heavy (non-hydrogen) atoms. The van der Waals surface area contributed by atoms with Gasteiger partial charge >= 0.3 is 0 Å². The van der Waals surface area contributed by atoms with Gasteiger partial charge in [0.05, 0.1) is 0 Å². The Morgan fingerprint density at radius 3 is 2.20 bits per heavy atom. The number of hydrogen-bond donors (Lipinski definition) is 0. The van der Waals surface area contributed by atoms with Crippen molar-refractivity contribution in [2.45, 2.75) is 38.5 Å². The van der Waals surface area contributed by atoms with Crippen molar-refractivity contribution in [2.75, 3.05) is 0 Å². The molecule has 0 N–H and O–H groups in total. The Bertz CT molecular complexity index is 151. The summed E-state index contributed by atoms with van der Waals surface area (Å²) in [7, 11) is 0. The van der Waals surface area contributed by atoms with Crippen LogP contribution in [0, 0.1) is 17.3 Å². The third kappa shape index (κ3) is 0.689. The van der Waals surface area contributed by atoms with Crippen LogP contribution in [-0.2, 0) is 0 Å². The van der Waals surface area contributed by atoms with E-state index in [1.54, 1.807) is 0 Å². The highest BCUT2D eigenvalue weighted by Crippen LogP contribution is 2.58. The van der Waals surface area contributed by atoms with Crippen molar-refractivity contribution in [1.82, 2.24) is 0 Å². The van der Waals surface area contributed by atoms with Crippen molar-refractivity contribution >= 4 is 11.6 Å². The normalized spacial score (nSPS) is 50.1. The summed E-state index contributed by atoms with van der Waals surface area (Å²) < 4.78 is 0. The Morgan fingerprint density at radius 2 is 2.00 bits per heavy atom. The number of hydrogen-bond acceptors (Lipinski definition) is 0. The van der Waals surface area contributed by atoms with E-state index < -0.39 is 0 Å². The van der Waals surface area contributed by atoms with E-state index in [-0.39, 0.29) is 0 Å². The summed E-state index contributed by atoms with van der Waals surface area (Å²) in [4.78, 5) is 0. The minimum absolute atomic E-state index is 0.494. The van der Waals surface area contributed by atoms with Gasteiger partial charge < -0.3 is 0 Å². The molecule has 58 valence electrons. The predicted octanol–water partition coefficient (Wildman–Crippen LogP) is 3.05. The van der Waals surface area contributed by atoms with E-state index >= 15 is 0 Å². The molecule has 2 bridgehead atoms. The highest BCUT2D eigenvalue weighted by Gasteiger charge is 2.52. The Labute approximate surface area is 68.0 Å². The first-order chi connectivity index (χ1) is 4.62. The van der Waals surface area contributed by atoms with Crippen LogP contribution in [0.1, 0.15) is 33.1 Å². The standard InChI is InChI=1S/C9H15Cl/c1-9(2)6-3-4-7(9)8(10)5-6/h6-8H,3-5H2,1-2H3. The first kappa shape index (κ1) is 6.97. The highest BCUT2D eigenvalue weighted by atomic mass is 35.5. The molecule has 2 rings (SSSR count). The molecule has 0 saturated heterocycles. The summed E-state index contributed by atoms with van der Waals surface area (Å²) in [6.45, 7) is 4.77. The van der Waals surface area contributed by atoms with Gasteiger partial charge in [-0.1, -0.05) is 13.8 Å². The zero-order valence-corrected chi connectivity index (χ0v) is 7.49. The molecule has 2 saturated carbocycles. The molecule has 2 aliphatic carbocycles. The maximum Gasteiger partial charge on any atom is 0.0372 e. The molecule has 0 radical (unpaired) electrons. The Morgan fingerprint density at radius 1 is 1.30 bits per heavy atom. The molecule has 0 aromatic heterocycles. The van der Waals surface area contributed by atoms with Gasteiger partial charge in [-0.25, -0.2) is 0 Å². The lowest BCUT2D eigenvalue weighted by molar-refractivity contribution is 0.260. The Kier molecular flexibility index (Phi) is 1.33. The van der Waals surface area contributed by atoms with Crippen molar-refractivity contribution in [3.8, 4) is 0 Å². The summed E-state index contributed by atoms with van der Waals surface area (Å²) in [5, 5.41) is 0.494. The number of rotatable bonds is 0. The molecule has 2 fully saturated rings. The molecule has 0 amide bonds. The highest BCUT2D eigenvalue weighted by molar-refractivity contribution is 6.21. The lowest BCUT2D eigenvalue weighted by Gasteiger charge is -2.24. The fraction of sp³-hybridized carbons (Fsp3) is 1.00. The van der Waals surface area contributed by atoms with Gasteiger partial charge in [0.25, 0.3) is 0 Å². The monoisotopic (exact) mass is 158 g/mol. The van der Waals surface area contributed by atoms with Crippen LogP contribution in [0.3, 0.4) is 0 Å². The maximum absolute atomic E-state index is 6.19. The molecular formula is C9H15Cl. The van der Waals surface area contributed by atoms with Crippen molar-refractivity contribution in [3.05, 3.63) is 0 Å². The molecule has 0 aromatic carbocycles. The Balaban J connectivity index is 2.27. The van der Waals surface area contributed by atoms with Gasteiger partial charge in [0.15, 0.2) is 0 Å². The molecule has 0 heterocycles. The van der Waals surface area contributed by atoms with Gasteiger partial charge in [-0.3, -0.25) is 0 Å². The smallest absolute Gasteiger partial charge is 0.0372 e. The van der Waals surface area contributed by atoms with Crippen molar-refractivity contribution in [1.29, 1.82) is 0 Å². The fourth-order valence-electron chi connectivity index (χ4n) is 2.93. The molecule has 0 nitrogen and oxygen atoms in total. The first-order valence-electron chi connectivity index (χ1n) is 4.26. The van der Waals surface area contributed by atoms with Crippen molar-refractivity contribution in [2.24, 2.45) is 17.3 Å². The van der Waals surface area contributed by atoms with Gasteiger partial charge in [-0.05, 0) is 36.5 Å². The number of alkyl halides is 1. The van der Waals surface area contributed by atoms with Gasteiger partial charge in [-0.2, -0.15) is 0 Å². The molecule has 2 aliphatic rings. The molecule has 3 unspecified atom stereocenters. The zero-order valence-electron chi connectivity index (χ0n) is 6.73. The van der Waals surface area contributed by atoms with Crippen LogP contribution in [0.4, 0.5) is 0 Å². The molecule has 0 aromatic rings. The third-order valence-corrected chi connectivity index (χ3v) is 4.26. The van der Waals surface area contributed by atoms with E-state index in [2.05, 4.69) is 13.8 Å². The lowest BCUT2D eigenvalue weighted by Crippen LogP contribution is -2.19. The van der Waals surface area contributed by atoms with E-state index in [0.717, 1.165) is 11.8 Å². The van der Waals surface area contributed by atoms with E-state index in [1.807, 2.05) is 0 Å². The van der Waals surface area contributed by atoms with Crippen LogP contribution in [0.15, 0.2) is 0 Å². The summed E-state index contributed by atoms with van der Waals surface area (Å²) in [5.41, 5.74) is 0.562. The maximum atomic E-state index is 6.19. The number of halogens is 1. The van der Waals surface area contributed by atoms with Crippen LogP contribution in [0.5, 0.6) is 0 Å². The van der Waals surface area contributed by atoms with Crippen LogP contribution < -0.4 is 0 Å². The van der Waals surface area contributed by atoms with E-state index in [9.17, 15) is 0 Å². The third-order valence-electron chi connectivity index (χ3n) is 3.78. The average Bonchev–Trinajstić information content (AvgIpc) is 2.20. The molecule has 3 atom stereocenters. The first-order valence-corrected chi connectivity index (χ1v) is 4.70. The quantitative estimate of drug-likeness (QED) is 0.476. The Hall–Kier alpha value is 0.290. The molecule has 1 heteroatoms. The second kappa shape index (κ2) is 1.91. The molecule has 0 aliphatic heterocycles. The summed E-state index contributed by atoms with van der Waals surface area (Å²) in [5.74, 6) is 1.75. The largest absolute Gasteiger partial charge is 0.123 e. The number of fused-ring (bicyclic) bond motifs is 2. The molecule has 0 spiro atoms. The predicted molar refractivity (Wildman–Crippen MR) is 44.3 cm³/mol. The van der Waals surface area contributed by atoms with Crippen LogP contribution >= 0.6 is 11.6 Å². The topological polar surface area (TPSA) is 0 Å². The van der Waals surface area contributed by atoms with E-state index in [4.69, 9.17) is 11.6 Å². The van der Waals surface area contributed by atoms with Crippen LogP contribution in [-0.4, -0.2) is 5.38 Å². The van der Waals surface area contributed by atoms with Gasteiger partial charge in [-0.15, -0.1) is 11.6 Å². The minimum Gasteiger partial charge on any atom is -0.123 e. The van der Waals surface area contributed by atoms with Crippen LogP contribution in [0.2, 0.25) is 0 Å². The van der Waals surface area contributed by atoms with Crippen LogP contribution in [0.25, 0.3) is 0 Å².